The van der Waals surface area contributed by atoms with Crippen molar-refractivity contribution in [2.24, 2.45) is 22.4 Å². The van der Waals surface area contributed by atoms with Gasteiger partial charge in [-0.1, -0.05) is 49.6 Å². The molecule has 0 aromatic heterocycles. The summed E-state index contributed by atoms with van der Waals surface area (Å²) in [5.74, 6) is 2.25. The van der Waals surface area contributed by atoms with Gasteiger partial charge in [0, 0.05) is 21.1 Å². The first-order valence-corrected chi connectivity index (χ1v) is 12.2. The molecule has 34 heavy (non-hydrogen) atoms. The summed E-state index contributed by atoms with van der Waals surface area (Å²) in [4.78, 5) is 40.0. The normalized spacial score (nSPS) is 19.3. The number of terminal acetylenes is 1. The minimum Gasteiger partial charge on any atom is -0.444 e. The average molecular weight is 494 g/mol. The molecule has 9 heteroatoms. The number of esters is 1. The van der Waals surface area contributed by atoms with Crippen LogP contribution in [0.3, 0.4) is 0 Å². The summed E-state index contributed by atoms with van der Waals surface area (Å²) in [5.41, 5.74) is 2.13. The van der Waals surface area contributed by atoms with Gasteiger partial charge in [0.05, 0.1) is 5.92 Å². The monoisotopic (exact) mass is 493 g/mol. The number of hydrogen-bond acceptors (Lipinski definition) is 7. The lowest BCUT2D eigenvalue weighted by Gasteiger charge is -2.13. The van der Waals surface area contributed by atoms with Crippen LogP contribution in [0.5, 0.6) is 0 Å². The van der Waals surface area contributed by atoms with E-state index in [2.05, 4.69) is 55.0 Å². The van der Waals surface area contributed by atoms with Crippen LogP contribution in [0.1, 0.15) is 48.0 Å². The molecule has 1 rings (SSSR count). The van der Waals surface area contributed by atoms with Crippen molar-refractivity contribution in [3.8, 4) is 12.3 Å². The lowest BCUT2D eigenvalue weighted by molar-refractivity contribution is -0.147. The number of oxime groups is 1. The third-order valence-corrected chi connectivity index (χ3v) is 5.84. The van der Waals surface area contributed by atoms with Crippen LogP contribution in [0.25, 0.3) is 0 Å². The lowest BCUT2D eigenvalue weighted by atomic mass is 10.1. The second-order valence-electron chi connectivity index (χ2n) is 8.84. The highest BCUT2D eigenvalue weighted by Crippen LogP contribution is 2.59. The molecule has 0 aromatic rings. The molecule has 2 amide bonds. The molecule has 8 nitrogen and oxygen atoms in total. The summed E-state index contributed by atoms with van der Waals surface area (Å²) in [7, 11) is 4.59. The predicted octanol–water partition coefficient (Wildman–Crippen LogP) is 4.23. The molecule has 0 aliphatic heterocycles. The van der Waals surface area contributed by atoms with E-state index in [1.54, 1.807) is 20.4 Å². The maximum absolute atomic E-state index is 12.3. The topological polar surface area (TPSA) is 97.3 Å². The number of allylic oxidation sites excluding steroid dienone is 3. The zero-order valence-corrected chi connectivity index (χ0v) is 22.8. The Morgan fingerprint density at radius 1 is 1.26 bits per heavy atom. The van der Waals surface area contributed by atoms with Crippen LogP contribution in [0.2, 0.25) is 0 Å². The quantitative estimate of drug-likeness (QED) is 0.113. The first-order chi connectivity index (χ1) is 15.8. The van der Waals surface area contributed by atoms with Crippen LogP contribution in [0.4, 0.5) is 4.79 Å². The molecule has 1 fully saturated rings. The molecule has 0 heterocycles. The fraction of sp³-hybridized carbons (Fsp3) is 0.600. The highest BCUT2D eigenvalue weighted by molar-refractivity contribution is 8.15. The van der Waals surface area contributed by atoms with Gasteiger partial charge in [-0.25, -0.2) is 4.79 Å². The molecule has 190 valence electrons. The van der Waals surface area contributed by atoms with Crippen molar-refractivity contribution >= 4 is 34.8 Å². The Labute approximate surface area is 208 Å². The second kappa shape index (κ2) is 14.5. The highest BCUT2D eigenvalue weighted by atomic mass is 32.2. The van der Waals surface area contributed by atoms with Gasteiger partial charge in [0.25, 0.3) is 5.91 Å². The lowest BCUT2D eigenvalue weighted by Crippen LogP contribution is -2.28. The summed E-state index contributed by atoms with van der Waals surface area (Å²) in [5, 5.41) is 5.74. The van der Waals surface area contributed by atoms with Crippen molar-refractivity contribution in [2.75, 3.05) is 27.4 Å². The summed E-state index contributed by atoms with van der Waals surface area (Å²) in [6.07, 6.45) is 11.0. The molecule has 0 spiro atoms. The van der Waals surface area contributed by atoms with Crippen LogP contribution in [-0.2, 0) is 19.2 Å². The van der Waals surface area contributed by atoms with Crippen molar-refractivity contribution in [3.05, 3.63) is 23.3 Å². The summed E-state index contributed by atoms with van der Waals surface area (Å²) in [6, 6.07) is 0. The molecular weight excluding hydrogens is 454 g/mol. The van der Waals surface area contributed by atoms with Gasteiger partial charge >= 0.3 is 12.1 Å². The van der Waals surface area contributed by atoms with Crippen LogP contribution in [-0.4, -0.2) is 61.4 Å². The fourth-order valence-corrected chi connectivity index (χ4v) is 3.63. The maximum atomic E-state index is 12.3. The third kappa shape index (κ3) is 9.64. The molecule has 2 unspecified atom stereocenters. The van der Waals surface area contributed by atoms with E-state index >= 15 is 0 Å². The number of thioether (sulfide) groups is 1. The number of carbonyl (C=O) groups is 3. The van der Waals surface area contributed by atoms with Crippen LogP contribution in [0, 0.1) is 29.6 Å². The standard InChI is InChI=1S/C18H26O2.C7H13N3O3S/c1-8-10-13(5)15(9-2)20-17(19)16-14(11-12(3)4)18(16,6)7;1-8-7(12)13-9-5(14-4)6(11)10(2)3/h2,10-11,14-16H,8H2,1,3-7H3;1-4H3,(H,8,12)/b13-10+;/t14?,15?,16-;/m0./s1. The number of hydrogen-bond donors (Lipinski definition) is 1. The molecule has 0 saturated heterocycles. The van der Waals surface area contributed by atoms with Gasteiger partial charge in [-0.3, -0.25) is 14.4 Å². The maximum Gasteiger partial charge on any atom is 0.433 e. The van der Waals surface area contributed by atoms with E-state index in [9.17, 15) is 14.4 Å². The highest BCUT2D eigenvalue weighted by Gasteiger charge is 2.61. The molecule has 1 aliphatic carbocycles. The first-order valence-electron chi connectivity index (χ1n) is 11.0. The Balaban J connectivity index is 0.000000686. The molecule has 0 radical (unpaired) electrons. The number of ether oxygens (including phenoxy) is 1. The van der Waals surface area contributed by atoms with E-state index in [4.69, 9.17) is 11.2 Å². The second-order valence-corrected chi connectivity index (χ2v) is 9.63. The van der Waals surface area contributed by atoms with Gasteiger partial charge in [-0.2, -0.15) is 0 Å². The van der Waals surface area contributed by atoms with Crippen molar-refractivity contribution in [1.82, 2.24) is 10.2 Å². The molecule has 3 atom stereocenters. The van der Waals surface area contributed by atoms with E-state index in [1.807, 2.05) is 19.9 Å². The number of nitrogens with one attached hydrogen (secondary N) is 1. The number of amides is 2. The third-order valence-electron chi connectivity index (χ3n) is 5.20. The van der Waals surface area contributed by atoms with Gasteiger partial charge in [-0.15, -0.1) is 18.2 Å². The van der Waals surface area contributed by atoms with Crippen molar-refractivity contribution in [1.29, 1.82) is 0 Å². The van der Waals surface area contributed by atoms with Gasteiger partial charge < -0.3 is 15.0 Å². The van der Waals surface area contributed by atoms with Gasteiger partial charge in [0.1, 0.15) is 0 Å². The summed E-state index contributed by atoms with van der Waals surface area (Å²) in [6.45, 7) is 12.2. The Kier molecular flexibility index (Phi) is 13.3. The molecule has 1 saturated carbocycles. The zero-order chi connectivity index (χ0) is 26.6. The zero-order valence-electron chi connectivity index (χ0n) is 22.0. The Bertz CT molecular complexity index is 864. The largest absolute Gasteiger partial charge is 0.444 e. The molecule has 1 N–H and O–H groups in total. The number of rotatable bonds is 6. The predicted molar refractivity (Wildman–Crippen MR) is 138 cm³/mol. The van der Waals surface area contributed by atoms with E-state index in [0.717, 1.165) is 23.8 Å². The minimum atomic E-state index is -0.705. The van der Waals surface area contributed by atoms with E-state index in [-0.39, 0.29) is 34.2 Å². The average Bonchev–Trinajstić information content (AvgIpc) is 3.30. The molecule has 0 bridgehead atoms. The first kappa shape index (κ1) is 31.3. The van der Waals surface area contributed by atoms with Crippen LogP contribution in [0.15, 0.2) is 28.5 Å². The molecular formula is C25H39N3O5S. The minimum absolute atomic E-state index is 0.0319. The smallest absolute Gasteiger partial charge is 0.433 e. The Morgan fingerprint density at radius 2 is 1.85 bits per heavy atom. The van der Waals surface area contributed by atoms with E-state index < -0.39 is 12.2 Å². The molecule has 1 aliphatic rings. The van der Waals surface area contributed by atoms with Crippen molar-refractivity contribution in [3.63, 3.8) is 0 Å². The van der Waals surface area contributed by atoms with Crippen LogP contribution < -0.4 is 5.32 Å². The molecule has 0 aromatic carbocycles. The van der Waals surface area contributed by atoms with Crippen LogP contribution >= 0.6 is 11.8 Å². The Morgan fingerprint density at radius 3 is 2.26 bits per heavy atom. The van der Waals surface area contributed by atoms with E-state index in [1.165, 1.54) is 17.5 Å². The van der Waals surface area contributed by atoms with Crippen molar-refractivity contribution < 1.29 is 24.0 Å². The number of nitrogens with zero attached hydrogens (tertiary/aromatic N) is 2. The number of carbonyl (C=O) groups excluding carboxylic acids is 3. The van der Waals surface area contributed by atoms with Crippen molar-refractivity contribution in [2.45, 2.75) is 54.1 Å². The van der Waals surface area contributed by atoms with Gasteiger partial charge in [0.15, 0.2) is 6.10 Å². The van der Waals surface area contributed by atoms with E-state index in [0.29, 0.717) is 0 Å². The summed E-state index contributed by atoms with van der Waals surface area (Å²) >= 11 is 1.11. The van der Waals surface area contributed by atoms with Gasteiger partial charge in [-0.05, 0) is 50.4 Å². The summed E-state index contributed by atoms with van der Waals surface area (Å²) < 4.78 is 5.51. The Hall–Kier alpha value is -2.73. The SMILES string of the molecule is C#CC(OC(=O)[C@@H]1C(C=C(C)C)C1(C)C)/C(C)=C/CC.CNC(=O)ON=C(SC)C(=O)N(C)C. The fourth-order valence-electron chi connectivity index (χ4n) is 3.16. The van der Waals surface area contributed by atoms with Gasteiger partial charge in [0.2, 0.25) is 5.04 Å².